The van der Waals surface area contributed by atoms with Gasteiger partial charge < -0.3 is 20.3 Å². The van der Waals surface area contributed by atoms with Crippen LogP contribution in [0.25, 0.3) is 0 Å². The summed E-state index contributed by atoms with van der Waals surface area (Å²) in [6.45, 7) is 1.05. The van der Waals surface area contributed by atoms with Gasteiger partial charge in [0, 0.05) is 25.2 Å². The predicted molar refractivity (Wildman–Crippen MR) is 106 cm³/mol. The van der Waals surface area contributed by atoms with E-state index in [1.54, 1.807) is 0 Å². The van der Waals surface area contributed by atoms with Crippen LogP contribution in [0.15, 0.2) is 29.2 Å². The Bertz CT molecular complexity index is 873. The maximum atomic E-state index is 12.8. The molecule has 0 radical (unpaired) electrons. The minimum absolute atomic E-state index is 0.0522. The van der Waals surface area contributed by atoms with Gasteiger partial charge in [-0.15, -0.1) is 0 Å². The second-order valence-electron chi connectivity index (χ2n) is 6.81. The quantitative estimate of drug-likeness (QED) is 0.216. The van der Waals surface area contributed by atoms with E-state index in [0.29, 0.717) is 13.0 Å². The van der Waals surface area contributed by atoms with Gasteiger partial charge in [0.2, 0.25) is 10.0 Å². The molecular weight excluding hydrogens is 418 g/mol. The van der Waals surface area contributed by atoms with E-state index in [9.17, 15) is 28.1 Å². The van der Waals surface area contributed by atoms with E-state index in [0.717, 1.165) is 35.1 Å². The first kappa shape index (κ1) is 23.7. The number of hydrogen-bond donors (Lipinski definition) is 2. The Labute approximate surface area is 174 Å². The SMILES string of the molecule is CN(C)CCCNC(=O)C(=O)NC[C@H]1OCCN1S(=O)(=O)c1ccc([N+](=O)[O-])cc1. The van der Waals surface area contributed by atoms with Crippen molar-refractivity contribution in [2.24, 2.45) is 0 Å². The molecule has 1 aromatic rings. The van der Waals surface area contributed by atoms with Gasteiger partial charge in [0.15, 0.2) is 0 Å². The van der Waals surface area contributed by atoms with Crippen LogP contribution in [0, 0.1) is 10.1 Å². The molecule has 1 aliphatic rings. The number of nitro benzene ring substituents is 1. The van der Waals surface area contributed by atoms with Crippen LogP contribution in [0.4, 0.5) is 5.69 Å². The molecule has 1 aliphatic heterocycles. The maximum Gasteiger partial charge on any atom is 0.309 e. The molecule has 166 valence electrons. The summed E-state index contributed by atoms with van der Waals surface area (Å²) in [5, 5.41) is 15.6. The van der Waals surface area contributed by atoms with Crippen LogP contribution in [-0.2, 0) is 24.3 Å². The van der Waals surface area contributed by atoms with E-state index >= 15 is 0 Å². The summed E-state index contributed by atoms with van der Waals surface area (Å²) in [6, 6.07) is 4.48. The number of carbonyl (C=O) groups is 2. The normalized spacial score (nSPS) is 17.1. The van der Waals surface area contributed by atoms with Crippen molar-refractivity contribution < 1.29 is 27.7 Å². The monoisotopic (exact) mass is 443 g/mol. The van der Waals surface area contributed by atoms with E-state index in [1.165, 1.54) is 0 Å². The van der Waals surface area contributed by atoms with Crippen LogP contribution in [0.2, 0.25) is 0 Å². The van der Waals surface area contributed by atoms with E-state index in [4.69, 9.17) is 4.74 Å². The molecule has 2 N–H and O–H groups in total. The van der Waals surface area contributed by atoms with Gasteiger partial charge in [-0.2, -0.15) is 4.31 Å². The number of ether oxygens (including phenoxy) is 1. The fraction of sp³-hybridized carbons (Fsp3) is 0.529. The zero-order valence-corrected chi connectivity index (χ0v) is 17.6. The molecule has 2 rings (SSSR count). The third kappa shape index (κ3) is 6.19. The van der Waals surface area contributed by atoms with Crippen molar-refractivity contribution in [1.29, 1.82) is 0 Å². The van der Waals surface area contributed by atoms with E-state index in [-0.39, 0.29) is 30.3 Å². The van der Waals surface area contributed by atoms with Gasteiger partial charge in [-0.1, -0.05) is 0 Å². The number of benzene rings is 1. The van der Waals surface area contributed by atoms with Crippen LogP contribution in [0.3, 0.4) is 0 Å². The molecule has 0 aliphatic carbocycles. The Morgan fingerprint density at radius 1 is 1.23 bits per heavy atom. The first-order chi connectivity index (χ1) is 14.1. The topological polar surface area (TPSA) is 151 Å². The zero-order chi connectivity index (χ0) is 22.3. The van der Waals surface area contributed by atoms with Crippen LogP contribution in [0.1, 0.15) is 6.42 Å². The smallest absolute Gasteiger partial charge is 0.309 e. The van der Waals surface area contributed by atoms with Crippen molar-refractivity contribution >= 4 is 27.5 Å². The summed E-state index contributed by atoms with van der Waals surface area (Å²) < 4.78 is 32.1. The van der Waals surface area contributed by atoms with Crippen molar-refractivity contribution in [3.8, 4) is 0 Å². The van der Waals surface area contributed by atoms with E-state index < -0.39 is 33.0 Å². The second kappa shape index (κ2) is 10.4. The second-order valence-corrected chi connectivity index (χ2v) is 8.71. The largest absolute Gasteiger partial charge is 0.359 e. The molecule has 0 saturated carbocycles. The number of amides is 2. The van der Waals surface area contributed by atoms with Crippen LogP contribution in [0.5, 0.6) is 0 Å². The van der Waals surface area contributed by atoms with E-state index in [2.05, 4.69) is 10.6 Å². The lowest BCUT2D eigenvalue weighted by molar-refractivity contribution is -0.384. The minimum atomic E-state index is -3.99. The van der Waals surface area contributed by atoms with Crippen molar-refractivity contribution in [3.63, 3.8) is 0 Å². The molecule has 0 unspecified atom stereocenters. The number of nitrogens with one attached hydrogen (secondary N) is 2. The molecule has 0 bridgehead atoms. The van der Waals surface area contributed by atoms with Gasteiger partial charge >= 0.3 is 11.8 Å². The van der Waals surface area contributed by atoms with Crippen molar-refractivity contribution in [3.05, 3.63) is 34.4 Å². The van der Waals surface area contributed by atoms with Gasteiger partial charge in [0.1, 0.15) is 6.23 Å². The lowest BCUT2D eigenvalue weighted by Gasteiger charge is -2.22. The van der Waals surface area contributed by atoms with Gasteiger partial charge in [-0.05, 0) is 39.2 Å². The van der Waals surface area contributed by atoms with Gasteiger partial charge in [-0.25, -0.2) is 8.42 Å². The Morgan fingerprint density at radius 3 is 2.47 bits per heavy atom. The van der Waals surface area contributed by atoms with Crippen LogP contribution >= 0.6 is 0 Å². The number of hydrogen-bond acceptors (Lipinski definition) is 8. The molecule has 0 spiro atoms. The van der Waals surface area contributed by atoms with Crippen LogP contribution < -0.4 is 10.6 Å². The highest BCUT2D eigenvalue weighted by molar-refractivity contribution is 7.89. The summed E-state index contributed by atoms with van der Waals surface area (Å²) >= 11 is 0. The molecular formula is C17H25N5O7S. The molecule has 2 amide bonds. The molecule has 1 saturated heterocycles. The Balaban J connectivity index is 1.92. The maximum absolute atomic E-state index is 12.8. The molecule has 1 fully saturated rings. The number of nitro groups is 1. The number of nitrogens with zero attached hydrogens (tertiary/aromatic N) is 3. The summed E-state index contributed by atoms with van der Waals surface area (Å²) in [6.07, 6.45) is -0.311. The standard InChI is InChI=1S/C17H25N5O7S/c1-20(2)9-3-8-18-16(23)17(24)19-12-15-21(10-11-29-15)30(27,28)14-6-4-13(5-7-14)22(25)26/h4-7,15H,3,8-12H2,1-2H3,(H,18,23)(H,19,24)/t15-/m1/s1. The minimum Gasteiger partial charge on any atom is -0.359 e. The summed E-state index contributed by atoms with van der Waals surface area (Å²) in [7, 11) is -0.204. The Morgan fingerprint density at radius 2 is 1.87 bits per heavy atom. The molecule has 30 heavy (non-hydrogen) atoms. The molecule has 1 heterocycles. The van der Waals surface area contributed by atoms with Gasteiger partial charge in [0.25, 0.3) is 5.69 Å². The average molecular weight is 443 g/mol. The zero-order valence-electron chi connectivity index (χ0n) is 16.7. The van der Waals surface area contributed by atoms with Crippen molar-refractivity contribution in [2.75, 3.05) is 46.9 Å². The lowest BCUT2D eigenvalue weighted by atomic mass is 10.3. The lowest BCUT2D eigenvalue weighted by Crippen LogP contribution is -2.47. The van der Waals surface area contributed by atoms with Crippen LogP contribution in [-0.4, -0.2) is 87.5 Å². The number of carbonyl (C=O) groups excluding carboxylic acids is 2. The highest BCUT2D eigenvalue weighted by Crippen LogP contribution is 2.23. The summed E-state index contributed by atoms with van der Waals surface area (Å²) in [5.74, 6) is -1.69. The highest BCUT2D eigenvalue weighted by Gasteiger charge is 2.36. The fourth-order valence-electron chi connectivity index (χ4n) is 2.75. The van der Waals surface area contributed by atoms with Gasteiger partial charge in [0.05, 0.1) is 23.0 Å². The van der Waals surface area contributed by atoms with Crippen molar-refractivity contribution in [2.45, 2.75) is 17.5 Å². The van der Waals surface area contributed by atoms with E-state index in [1.807, 2.05) is 19.0 Å². The molecule has 12 nitrogen and oxygen atoms in total. The number of rotatable bonds is 9. The molecule has 1 aromatic carbocycles. The highest BCUT2D eigenvalue weighted by atomic mass is 32.2. The third-order valence-electron chi connectivity index (χ3n) is 4.31. The number of sulfonamides is 1. The molecule has 0 aromatic heterocycles. The summed E-state index contributed by atoms with van der Waals surface area (Å²) in [4.78, 5) is 35.7. The average Bonchev–Trinajstić information content (AvgIpc) is 3.18. The summed E-state index contributed by atoms with van der Waals surface area (Å²) in [5.41, 5.74) is -0.230. The fourth-order valence-corrected chi connectivity index (χ4v) is 4.27. The third-order valence-corrected chi connectivity index (χ3v) is 6.21. The Hall–Kier alpha value is -2.61. The molecule has 13 heteroatoms. The van der Waals surface area contributed by atoms with Crippen molar-refractivity contribution in [1.82, 2.24) is 19.8 Å². The first-order valence-corrected chi connectivity index (χ1v) is 10.7. The first-order valence-electron chi connectivity index (χ1n) is 9.21. The number of non-ortho nitro benzene ring substituents is 1. The predicted octanol–water partition coefficient (Wildman–Crippen LogP) is -0.874. The molecule has 1 atom stereocenters. The van der Waals surface area contributed by atoms with Gasteiger partial charge in [-0.3, -0.25) is 19.7 Å². The Kier molecular flexibility index (Phi) is 8.23.